The lowest BCUT2D eigenvalue weighted by atomic mass is 9.67. The number of benzene rings is 7. The molecule has 270 valence electrons. The molecule has 1 spiro atoms. The number of hydrogen-bond donors (Lipinski definition) is 0. The van der Waals surface area contributed by atoms with E-state index >= 15 is 0 Å². The van der Waals surface area contributed by atoms with Crippen LogP contribution in [0.25, 0.3) is 77.5 Å². The van der Waals surface area contributed by atoms with Crippen molar-refractivity contribution < 1.29 is 0 Å². The quantitative estimate of drug-likeness (QED) is 0.180. The monoisotopic (exact) mass is 756 g/mol. The fourth-order valence-corrected chi connectivity index (χ4v) is 11.3. The molecule has 5 heteroatoms. The summed E-state index contributed by atoms with van der Waals surface area (Å²) in [7, 11) is 0. The molecule has 1 aliphatic carbocycles. The van der Waals surface area contributed by atoms with Gasteiger partial charge < -0.3 is 9.13 Å². The lowest BCUT2D eigenvalue weighted by molar-refractivity contribution is 0.720. The summed E-state index contributed by atoms with van der Waals surface area (Å²) < 4.78 is 4.88. The molecular weight excluding hydrogens is 725 g/mol. The van der Waals surface area contributed by atoms with Crippen LogP contribution in [-0.2, 0) is 5.41 Å². The van der Waals surface area contributed by atoms with Gasteiger partial charge in [0.15, 0.2) is 0 Å². The molecule has 2 aliphatic rings. The maximum Gasteiger partial charge on any atom is 0.0937 e. The van der Waals surface area contributed by atoms with Gasteiger partial charge in [-0.2, -0.15) is 0 Å². The van der Waals surface area contributed by atoms with Crippen LogP contribution in [0.2, 0.25) is 0 Å². The molecule has 7 aromatic carbocycles. The van der Waals surface area contributed by atoms with E-state index in [0.717, 1.165) is 22.8 Å². The molecule has 0 saturated heterocycles. The summed E-state index contributed by atoms with van der Waals surface area (Å²) in [6.07, 6.45) is 3.79. The molecule has 0 N–H and O–H groups in total. The zero-order chi connectivity index (χ0) is 38.0. The summed E-state index contributed by atoms with van der Waals surface area (Å²) in [6.45, 7) is 0. The number of fused-ring (bicyclic) bond motifs is 15. The first kappa shape index (κ1) is 31.9. The van der Waals surface area contributed by atoms with Crippen molar-refractivity contribution >= 4 is 55.4 Å². The zero-order valence-electron chi connectivity index (χ0n) is 31.2. The maximum absolute atomic E-state index is 4.95. The molecule has 0 unspecified atom stereocenters. The Hall–Kier alpha value is -7.21. The highest BCUT2D eigenvalue weighted by molar-refractivity contribution is 7.99. The molecule has 13 rings (SSSR count). The molecule has 0 radical (unpaired) electrons. The van der Waals surface area contributed by atoms with Crippen molar-refractivity contribution in [3.63, 3.8) is 0 Å². The number of nitrogens with zero attached hydrogens (tertiary/aromatic N) is 4. The predicted octanol–water partition coefficient (Wildman–Crippen LogP) is 13.2. The van der Waals surface area contributed by atoms with Crippen molar-refractivity contribution in [2.75, 3.05) is 0 Å². The van der Waals surface area contributed by atoms with Crippen LogP contribution in [0.3, 0.4) is 0 Å². The fraction of sp³-hybridized carbons (Fsp3) is 0.0189. The minimum atomic E-state index is -0.531. The summed E-state index contributed by atoms with van der Waals surface area (Å²) in [5, 5.41) is 4.96. The third-order valence-corrected chi connectivity index (χ3v) is 13.6. The van der Waals surface area contributed by atoms with Gasteiger partial charge in [0.2, 0.25) is 0 Å². The Morgan fingerprint density at radius 2 is 0.828 bits per heavy atom. The number of para-hydroxylation sites is 5. The molecule has 4 nitrogen and oxygen atoms in total. The first-order valence-corrected chi connectivity index (χ1v) is 20.6. The van der Waals surface area contributed by atoms with Gasteiger partial charge >= 0.3 is 0 Å². The van der Waals surface area contributed by atoms with Crippen LogP contribution >= 0.6 is 11.8 Å². The molecule has 5 heterocycles. The van der Waals surface area contributed by atoms with Crippen molar-refractivity contribution in [2.24, 2.45) is 0 Å². The normalized spacial score (nSPS) is 13.6. The highest BCUT2D eigenvalue weighted by Gasteiger charge is 2.51. The lowest BCUT2D eigenvalue weighted by Gasteiger charge is -2.39. The van der Waals surface area contributed by atoms with E-state index in [1.807, 2.05) is 24.2 Å². The lowest BCUT2D eigenvalue weighted by Crippen LogP contribution is -2.32. The van der Waals surface area contributed by atoms with E-state index < -0.39 is 5.41 Å². The van der Waals surface area contributed by atoms with Crippen LogP contribution in [0.4, 0.5) is 0 Å². The van der Waals surface area contributed by atoms with Gasteiger partial charge in [0, 0.05) is 43.7 Å². The average Bonchev–Trinajstić information content (AvgIpc) is 3.91. The van der Waals surface area contributed by atoms with E-state index in [1.54, 1.807) is 0 Å². The van der Waals surface area contributed by atoms with Gasteiger partial charge in [-0.05, 0) is 106 Å². The number of rotatable bonds is 3. The van der Waals surface area contributed by atoms with Crippen LogP contribution in [0, 0.1) is 0 Å². The van der Waals surface area contributed by atoms with Crippen molar-refractivity contribution in [3.05, 3.63) is 217 Å². The zero-order valence-corrected chi connectivity index (χ0v) is 32.0. The third kappa shape index (κ3) is 4.15. The highest BCUT2D eigenvalue weighted by atomic mass is 32.2. The number of pyridine rings is 2. The Labute approximate surface area is 338 Å². The molecule has 4 aromatic heterocycles. The first-order valence-electron chi connectivity index (χ1n) is 19.7. The second-order valence-corrected chi connectivity index (χ2v) is 16.4. The van der Waals surface area contributed by atoms with Crippen molar-refractivity contribution in [1.29, 1.82) is 0 Å². The van der Waals surface area contributed by atoms with Gasteiger partial charge in [0.1, 0.15) is 0 Å². The summed E-state index contributed by atoms with van der Waals surface area (Å²) in [6, 6.07) is 66.8. The summed E-state index contributed by atoms with van der Waals surface area (Å²) in [5.41, 5.74) is 15.7. The second kappa shape index (κ2) is 11.9. The SMILES string of the molecule is c1ccc2c(c1)Sc1ccc(-c3ccc4c(c3)c3ccccc3n4-c3ccccc3-n3c4ccccc4c4ccccc43)cc1C21c2cccnc2-c2ncccc21. The van der Waals surface area contributed by atoms with Gasteiger partial charge in [-0.3, -0.25) is 9.97 Å². The van der Waals surface area contributed by atoms with E-state index in [-0.39, 0.29) is 0 Å². The third-order valence-electron chi connectivity index (χ3n) is 12.5. The predicted molar refractivity (Wildman–Crippen MR) is 238 cm³/mol. The Balaban J connectivity index is 1.03. The van der Waals surface area contributed by atoms with Gasteiger partial charge in [0.05, 0.1) is 50.2 Å². The van der Waals surface area contributed by atoms with Crippen molar-refractivity contribution in [2.45, 2.75) is 15.2 Å². The smallest absolute Gasteiger partial charge is 0.0937 e. The summed E-state index contributed by atoms with van der Waals surface area (Å²) >= 11 is 1.86. The fourth-order valence-electron chi connectivity index (χ4n) is 10.2. The molecule has 0 amide bonds. The van der Waals surface area contributed by atoms with Gasteiger partial charge in [0.25, 0.3) is 0 Å². The molecule has 0 saturated carbocycles. The van der Waals surface area contributed by atoms with Crippen LogP contribution < -0.4 is 0 Å². The van der Waals surface area contributed by atoms with Gasteiger partial charge in [-0.25, -0.2) is 0 Å². The molecule has 0 bridgehead atoms. The molecule has 0 fully saturated rings. The molecule has 1 aliphatic heterocycles. The minimum absolute atomic E-state index is 0.531. The average molecular weight is 757 g/mol. The Morgan fingerprint density at radius 1 is 0.362 bits per heavy atom. The van der Waals surface area contributed by atoms with E-state index in [0.29, 0.717) is 0 Å². The van der Waals surface area contributed by atoms with Crippen LogP contribution in [0.15, 0.2) is 204 Å². The molecule has 11 aromatic rings. The minimum Gasteiger partial charge on any atom is -0.307 e. The molecule has 0 atom stereocenters. The second-order valence-electron chi connectivity index (χ2n) is 15.3. The van der Waals surface area contributed by atoms with E-state index in [1.165, 1.54) is 86.8 Å². The van der Waals surface area contributed by atoms with E-state index in [9.17, 15) is 0 Å². The largest absolute Gasteiger partial charge is 0.307 e. The summed E-state index contributed by atoms with van der Waals surface area (Å²) in [4.78, 5) is 12.4. The summed E-state index contributed by atoms with van der Waals surface area (Å²) in [5.74, 6) is 0. The number of aromatic nitrogens is 4. The van der Waals surface area contributed by atoms with Crippen molar-refractivity contribution in [3.8, 4) is 33.9 Å². The van der Waals surface area contributed by atoms with Gasteiger partial charge in [-0.15, -0.1) is 0 Å². The standard InChI is InChI=1S/C53H32N4S/c1-5-19-43-35(13-1)36-14-2-6-20-44(36)56(43)47-22-8-9-23-48(47)57-45-21-7-3-15-37(45)38-31-33(25-27-46(38)57)34-26-28-50-42(32-34)53(39-16-4-10-24-49(39)58-50)40-17-11-29-54-51(40)52-41(53)18-12-30-55-52/h1-32H. The van der Waals surface area contributed by atoms with Gasteiger partial charge in [-0.1, -0.05) is 121 Å². The Bertz CT molecular complexity index is 3420. The van der Waals surface area contributed by atoms with Crippen molar-refractivity contribution in [1.82, 2.24) is 19.1 Å². The topological polar surface area (TPSA) is 35.6 Å². The number of hydrogen-bond acceptors (Lipinski definition) is 3. The molecule has 58 heavy (non-hydrogen) atoms. The maximum atomic E-state index is 4.95. The van der Waals surface area contributed by atoms with Crippen LogP contribution in [-0.4, -0.2) is 19.1 Å². The highest BCUT2D eigenvalue weighted by Crippen LogP contribution is 2.61. The van der Waals surface area contributed by atoms with E-state index in [2.05, 4.69) is 191 Å². The Morgan fingerprint density at radius 3 is 1.47 bits per heavy atom. The first-order chi connectivity index (χ1) is 28.8. The van der Waals surface area contributed by atoms with E-state index in [4.69, 9.17) is 9.97 Å². The Kier molecular flexibility index (Phi) is 6.55. The van der Waals surface area contributed by atoms with Crippen LogP contribution in [0.5, 0.6) is 0 Å². The molecular formula is C53H32N4S. The van der Waals surface area contributed by atoms with Crippen LogP contribution in [0.1, 0.15) is 22.3 Å².